The van der Waals surface area contributed by atoms with Crippen molar-refractivity contribution in [1.82, 2.24) is 5.32 Å². The zero-order valence-electron chi connectivity index (χ0n) is 14.0. The smallest absolute Gasteiger partial charge is 0.220 e. The van der Waals surface area contributed by atoms with Gasteiger partial charge in [-0.3, -0.25) is 9.59 Å². The molecule has 0 aromatic heterocycles. The van der Waals surface area contributed by atoms with Crippen LogP contribution in [0.2, 0.25) is 5.02 Å². The molecule has 0 aliphatic carbocycles. The summed E-state index contributed by atoms with van der Waals surface area (Å²) in [6.07, 6.45) is 1.47. The number of hydrogen-bond donors (Lipinski definition) is 1. The van der Waals surface area contributed by atoms with E-state index in [4.69, 9.17) is 11.6 Å². The molecule has 0 fully saturated rings. The number of rotatable bonds is 7. The maximum absolute atomic E-state index is 12.0. The highest BCUT2D eigenvalue weighted by Gasteiger charge is 2.17. The van der Waals surface area contributed by atoms with E-state index in [1.807, 2.05) is 6.07 Å². The highest BCUT2D eigenvalue weighted by atomic mass is 35.5. The fraction of sp³-hybridized carbons (Fsp3) is 0.300. The van der Waals surface area contributed by atoms with E-state index in [0.717, 1.165) is 19.5 Å². The Kier molecular flexibility index (Phi) is 5.71. The second-order valence-electron chi connectivity index (χ2n) is 6.15. The summed E-state index contributed by atoms with van der Waals surface area (Å²) in [5, 5.41) is 3.50. The van der Waals surface area contributed by atoms with E-state index in [2.05, 4.69) is 28.4 Å². The van der Waals surface area contributed by atoms with Gasteiger partial charge in [0.15, 0.2) is 5.78 Å². The average Bonchev–Trinajstić information content (AvgIpc) is 3.04. The Labute approximate surface area is 152 Å². The van der Waals surface area contributed by atoms with Crippen molar-refractivity contribution in [1.29, 1.82) is 0 Å². The van der Waals surface area contributed by atoms with Crippen molar-refractivity contribution >= 4 is 29.0 Å². The Balaban J connectivity index is 1.39. The molecule has 130 valence electrons. The highest BCUT2D eigenvalue weighted by Crippen LogP contribution is 2.26. The Bertz CT molecular complexity index is 759. The monoisotopic (exact) mass is 356 g/mol. The van der Waals surface area contributed by atoms with Crippen LogP contribution in [0.4, 0.5) is 5.69 Å². The van der Waals surface area contributed by atoms with Gasteiger partial charge in [-0.25, -0.2) is 0 Å². The van der Waals surface area contributed by atoms with Crippen LogP contribution in [-0.2, 0) is 11.2 Å². The van der Waals surface area contributed by atoms with Crippen molar-refractivity contribution in [3.05, 3.63) is 64.7 Å². The second kappa shape index (κ2) is 8.17. The number of anilines is 1. The van der Waals surface area contributed by atoms with Crippen LogP contribution >= 0.6 is 11.6 Å². The molecule has 0 bridgehead atoms. The van der Waals surface area contributed by atoms with E-state index < -0.39 is 0 Å². The molecule has 2 aromatic carbocycles. The van der Waals surface area contributed by atoms with Gasteiger partial charge in [-0.1, -0.05) is 29.8 Å². The van der Waals surface area contributed by atoms with Crippen molar-refractivity contribution in [3.63, 3.8) is 0 Å². The Morgan fingerprint density at radius 1 is 1.04 bits per heavy atom. The van der Waals surface area contributed by atoms with Gasteiger partial charge in [0.2, 0.25) is 5.91 Å². The van der Waals surface area contributed by atoms with E-state index in [0.29, 0.717) is 17.1 Å². The lowest BCUT2D eigenvalue weighted by Gasteiger charge is -2.19. The van der Waals surface area contributed by atoms with Crippen molar-refractivity contribution in [2.24, 2.45) is 0 Å². The third-order valence-electron chi connectivity index (χ3n) is 4.43. The molecule has 0 radical (unpaired) electrons. The standard InChI is InChI=1S/C20H21ClN2O2/c21-17-7-5-16(6-8-17)19(24)9-10-20(25)22-12-14-23-13-11-15-3-1-2-4-18(15)23/h1-8H,9-14H2,(H,22,25). The molecule has 0 saturated heterocycles. The zero-order valence-corrected chi connectivity index (χ0v) is 14.8. The van der Waals surface area contributed by atoms with Gasteiger partial charge in [-0.2, -0.15) is 0 Å². The van der Waals surface area contributed by atoms with E-state index in [1.54, 1.807) is 24.3 Å². The minimum absolute atomic E-state index is 0.0414. The van der Waals surface area contributed by atoms with E-state index in [9.17, 15) is 9.59 Å². The fourth-order valence-corrected chi connectivity index (χ4v) is 3.19. The van der Waals surface area contributed by atoms with Crippen LogP contribution in [-0.4, -0.2) is 31.3 Å². The van der Waals surface area contributed by atoms with Gasteiger partial charge in [-0.15, -0.1) is 0 Å². The van der Waals surface area contributed by atoms with Gasteiger partial charge < -0.3 is 10.2 Å². The molecule has 0 unspecified atom stereocenters. The topological polar surface area (TPSA) is 49.4 Å². The lowest BCUT2D eigenvalue weighted by atomic mass is 10.1. The molecule has 0 saturated carbocycles. The lowest BCUT2D eigenvalue weighted by molar-refractivity contribution is -0.121. The van der Waals surface area contributed by atoms with Gasteiger partial charge in [-0.05, 0) is 42.3 Å². The van der Waals surface area contributed by atoms with Crippen molar-refractivity contribution in [3.8, 4) is 0 Å². The quantitative estimate of drug-likeness (QED) is 0.773. The summed E-state index contributed by atoms with van der Waals surface area (Å²) in [6.45, 7) is 2.36. The molecule has 5 heteroatoms. The molecule has 1 amide bonds. The second-order valence-corrected chi connectivity index (χ2v) is 6.58. The minimum atomic E-state index is -0.0882. The van der Waals surface area contributed by atoms with E-state index in [-0.39, 0.29) is 24.5 Å². The Morgan fingerprint density at radius 3 is 2.60 bits per heavy atom. The summed E-state index contributed by atoms with van der Waals surface area (Å²) in [5.74, 6) is -0.130. The number of carbonyl (C=O) groups excluding carboxylic acids is 2. The van der Waals surface area contributed by atoms with Crippen LogP contribution in [0.5, 0.6) is 0 Å². The number of hydrogen-bond acceptors (Lipinski definition) is 3. The van der Waals surface area contributed by atoms with E-state index in [1.165, 1.54) is 11.3 Å². The van der Waals surface area contributed by atoms with Crippen LogP contribution in [0.25, 0.3) is 0 Å². The van der Waals surface area contributed by atoms with Crippen molar-refractivity contribution < 1.29 is 9.59 Å². The molecule has 1 heterocycles. The van der Waals surface area contributed by atoms with Crippen molar-refractivity contribution in [2.75, 3.05) is 24.5 Å². The molecule has 1 aliphatic rings. The van der Waals surface area contributed by atoms with Crippen LogP contribution < -0.4 is 10.2 Å². The molecule has 25 heavy (non-hydrogen) atoms. The number of ketones is 1. The first-order valence-electron chi connectivity index (χ1n) is 8.52. The fourth-order valence-electron chi connectivity index (χ4n) is 3.06. The number of benzene rings is 2. The number of fused-ring (bicyclic) bond motifs is 1. The summed E-state index contributed by atoms with van der Waals surface area (Å²) in [6, 6.07) is 15.1. The number of amides is 1. The molecule has 0 spiro atoms. The first-order chi connectivity index (χ1) is 12.1. The zero-order chi connectivity index (χ0) is 17.6. The molecular weight excluding hydrogens is 336 g/mol. The summed E-state index contributed by atoms with van der Waals surface area (Å²) < 4.78 is 0. The summed E-state index contributed by atoms with van der Waals surface area (Å²) in [4.78, 5) is 26.3. The Hall–Kier alpha value is -2.33. The van der Waals surface area contributed by atoms with Crippen LogP contribution in [0.1, 0.15) is 28.8 Å². The molecule has 3 rings (SSSR count). The summed E-state index contributed by atoms with van der Waals surface area (Å²) >= 11 is 5.81. The molecule has 1 aliphatic heterocycles. The number of Topliss-reactive ketones (excluding diaryl/α,β-unsaturated/α-hetero) is 1. The highest BCUT2D eigenvalue weighted by molar-refractivity contribution is 6.30. The number of carbonyl (C=O) groups is 2. The number of halogens is 1. The van der Waals surface area contributed by atoms with Crippen LogP contribution in [0, 0.1) is 0 Å². The predicted octanol–water partition coefficient (Wildman–Crippen LogP) is 3.48. The Morgan fingerprint density at radius 2 is 1.80 bits per heavy atom. The summed E-state index contributed by atoms with van der Waals surface area (Å²) in [5.41, 5.74) is 3.21. The van der Waals surface area contributed by atoms with Gasteiger partial charge in [0.25, 0.3) is 0 Å². The normalized spacial score (nSPS) is 12.8. The maximum atomic E-state index is 12.0. The van der Waals surface area contributed by atoms with Crippen molar-refractivity contribution in [2.45, 2.75) is 19.3 Å². The third-order valence-corrected chi connectivity index (χ3v) is 4.68. The van der Waals surface area contributed by atoms with E-state index >= 15 is 0 Å². The van der Waals surface area contributed by atoms with Gasteiger partial charge in [0.05, 0.1) is 0 Å². The molecule has 2 aromatic rings. The largest absolute Gasteiger partial charge is 0.369 e. The van der Waals surface area contributed by atoms with Gasteiger partial charge in [0, 0.05) is 48.7 Å². The molecule has 4 nitrogen and oxygen atoms in total. The number of nitrogens with one attached hydrogen (secondary N) is 1. The van der Waals surface area contributed by atoms with Crippen LogP contribution in [0.3, 0.4) is 0 Å². The van der Waals surface area contributed by atoms with Gasteiger partial charge in [0.1, 0.15) is 0 Å². The predicted molar refractivity (Wildman–Crippen MR) is 100 cm³/mol. The maximum Gasteiger partial charge on any atom is 0.220 e. The first kappa shape index (κ1) is 17.5. The minimum Gasteiger partial charge on any atom is -0.369 e. The number of para-hydroxylation sites is 1. The first-order valence-corrected chi connectivity index (χ1v) is 8.89. The van der Waals surface area contributed by atoms with Gasteiger partial charge >= 0.3 is 0 Å². The lowest BCUT2D eigenvalue weighted by Crippen LogP contribution is -2.34. The average molecular weight is 357 g/mol. The molecule has 0 atom stereocenters. The number of nitrogens with zero attached hydrogens (tertiary/aromatic N) is 1. The summed E-state index contributed by atoms with van der Waals surface area (Å²) in [7, 11) is 0. The molecule has 1 N–H and O–H groups in total. The van der Waals surface area contributed by atoms with Crippen LogP contribution in [0.15, 0.2) is 48.5 Å². The SMILES string of the molecule is O=C(CCC(=O)c1ccc(Cl)cc1)NCCN1CCc2ccccc21. The third kappa shape index (κ3) is 4.60. The molecular formula is C20H21ClN2O2.